The molecule has 2 aromatic heterocycles. The van der Waals surface area contributed by atoms with Crippen molar-refractivity contribution in [3.63, 3.8) is 0 Å². The number of benzene rings is 2. The summed E-state index contributed by atoms with van der Waals surface area (Å²) in [5.74, 6) is -0.0319. The second-order valence-corrected chi connectivity index (χ2v) is 10.5. The number of halogens is 2. The minimum atomic E-state index is -0.954. The number of rotatable bonds is 9. The smallest absolute Gasteiger partial charge is 0.335 e. The van der Waals surface area contributed by atoms with Gasteiger partial charge in [-0.2, -0.15) is 0 Å². The van der Waals surface area contributed by atoms with E-state index >= 15 is 0 Å². The molecule has 0 spiro atoms. The molecule has 0 radical (unpaired) electrons. The molecule has 2 aliphatic rings. The molecule has 0 bridgehead atoms. The highest BCUT2D eigenvalue weighted by atomic mass is 35.5. The monoisotopic (exact) mass is 562 g/mol. The van der Waals surface area contributed by atoms with Crippen molar-refractivity contribution in [2.75, 3.05) is 19.7 Å². The van der Waals surface area contributed by atoms with Crippen LogP contribution in [0.4, 0.5) is 4.39 Å². The van der Waals surface area contributed by atoms with Gasteiger partial charge >= 0.3 is 5.97 Å². The molecule has 6 rings (SSSR count). The lowest BCUT2D eigenvalue weighted by atomic mass is 10.0. The Morgan fingerprint density at radius 3 is 2.77 bits per heavy atom. The summed E-state index contributed by atoms with van der Waals surface area (Å²) in [7, 11) is 0. The molecule has 0 unspecified atom stereocenters. The zero-order chi connectivity index (χ0) is 27.6. The van der Waals surface area contributed by atoms with Gasteiger partial charge in [0.2, 0.25) is 5.88 Å². The Hall–Kier alpha value is -3.79. The van der Waals surface area contributed by atoms with Crippen LogP contribution in [0.15, 0.2) is 60.7 Å². The van der Waals surface area contributed by atoms with Crippen LogP contribution < -0.4 is 4.74 Å². The van der Waals surface area contributed by atoms with Crippen LogP contribution in [-0.4, -0.2) is 56.3 Å². The SMILES string of the molecule is O=C(O)c1ccc2nc(CN3CC=C(c4cccc(OCc5ccc(Cl)cc5F)n4)CC3)n(C[C@@H]3CCO3)c2c1. The van der Waals surface area contributed by atoms with Crippen LogP contribution in [-0.2, 0) is 24.4 Å². The molecule has 4 heterocycles. The van der Waals surface area contributed by atoms with Gasteiger partial charge in [-0.05, 0) is 54.8 Å². The van der Waals surface area contributed by atoms with Gasteiger partial charge in [0.15, 0.2) is 0 Å². The molecule has 10 heteroatoms. The molecule has 1 N–H and O–H groups in total. The number of carbonyl (C=O) groups is 1. The van der Waals surface area contributed by atoms with E-state index in [0.29, 0.717) is 29.6 Å². The maximum Gasteiger partial charge on any atom is 0.335 e. The predicted octanol–water partition coefficient (Wildman–Crippen LogP) is 5.58. The standard InChI is InChI=1S/C30H28ClFN4O4/c31-22-6-4-21(24(32)15-22)18-40-29-3-1-2-25(34-29)19-8-11-35(12-9-19)17-28-33-26-7-5-20(30(37)38)14-27(26)36(28)16-23-10-13-39-23/h1-8,14-15,23H,9-13,16-18H2,(H,37,38)/t23-/m0/s1. The number of hydrogen-bond acceptors (Lipinski definition) is 6. The van der Waals surface area contributed by atoms with Gasteiger partial charge in [0.25, 0.3) is 0 Å². The lowest BCUT2D eigenvalue weighted by Gasteiger charge is -2.29. The summed E-state index contributed by atoms with van der Waals surface area (Å²) in [6.07, 6.45) is 4.07. The van der Waals surface area contributed by atoms with Crippen molar-refractivity contribution < 1.29 is 23.8 Å². The second kappa shape index (κ2) is 11.4. The fourth-order valence-electron chi connectivity index (χ4n) is 5.01. The molecular formula is C30H28ClFN4O4. The van der Waals surface area contributed by atoms with Crippen LogP contribution in [0.5, 0.6) is 5.88 Å². The van der Waals surface area contributed by atoms with Gasteiger partial charge in [-0.3, -0.25) is 4.90 Å². The molecular weight excluding hydrogens is 535 g/mol. The van der Waals surface area contributed by atoms with E-state index in [1.807, 2.05) is 12.1 Å². The number of aromatic carboxylic acids is 1. The molecule has 1 fully saturated rings. The van der Waals surface area contributed by atoms with Gasteiger partial charge in [0, 0.05) is 36.3 Å². The summed E-state index contributed by atoms with van der Waals surface area (Å²) in [5, 5.41) is 9.82. The Morgan fingerprint density at radius 2 is 2.05 bits per heavy atom. The first-order chi connectivity index (χ1) is 19.4. The van der Waals surface area contributed by atoms with Gasteiger partial charge in [-0.15, -0.1) is 0 Å². The molecule has 8 nitrogen and oxygen atoms in total. The summed E-state index contributed by atoms with van der Waals surface area (Å²) in [6, 6.07) is 15.2. The quantitative estimate of drug-likeness (QED) is 0.285. The lowest BCUT2D eigenvalue weighted by molar-refractivity contribution is -0.0591. The first kappa shape index (κ1) is 26.4. The van der Waals surface area contributed by atoms with Gasteiger partial charge in [-0.1, -0.05) is 29.8 Å². The minimum Gasteiger partial charge on any atom is -0.478 e. The number of ether oxygens (including phenoxy) is 2. The summed E-state index contributed by atoms with van der Waals surface area (Å²) in [6.45, 7) is 3.65. The van der Waals surface area contributed by atoms with Crippen molar-refractivity contribution in [2.45, 2.75) is 38.6 Å². The summed E-state index contributed by atoms with van der Waals surface area (Å²) >= 11 is 5.83. The summed E-state index contributed by atoms with van der Waals surface area (Å²) < 4.78 is 27.6. The Labute approximate surface area is 235 Å². The Bertz CT molecular complexity index is 1600. The number of nitrogens with zero attached hydrogens (tertiary/aromatic N) is 4. The molecule has 2 aromatic carbocycles. The third-order valence-corrected chi connectivity index (χ3v) is 7.59. The number of aromatic nitrogens is 3. The van der Waals surface area contributed by atoms with Crippen LogP contribution in [0.2, 0.25) is 5.02 Å². The molecule has 4 aromatic rings. The third kappa shape index (κ3) is 5.72. The van der Waals surface area contributed by atoms with Crippen molar-refractivity contribution >= 4 is 34.2 Å². The highest BCUT2D eigenvalue weighted by molar-refractivity contribution is 6.30. The van der Waals surface area contributed by atoms with Crippen LogP contribution >= 0.6 is 11.6 Å². The lowest BCUT2D eigenvalue weighted by Crippen LogP contribution is -2.33. The van der Waals surface area contributed by atoms with Crippen molar-refractivity contribution in [1.29, 1.82) is 0 Å². The number of imidazole rings is 1. The van der Waals surface area contributed by atoms with Crippen molar-refractivity contribution in [3.05, 3.63) is 94.2 Å². The van der Waals surface area contributed by atoms with E-state index < -0.39 is 11.8 Å². The minimum absolute atomic E-state index is 0.0626. The molecule has 0 aliphatic carbocycles. The van der Waals surface area contributed by atoms with Gasteiger partial charge in [-0.25, -0.2) is 19.2 Å². The van der Waals surface area contributed by atoms with Gasteiger partial charge in [0.1, 0.15) is 18.2 Å². The van der Waals surface area contributed by atoms with Crippen LogP contribution in [0, 0.1) is 5.82 Å². The molecule has 1 saturated heterocycles. The Balaban J connectivity index is 1.15. The van der Waals surface area contributed by atoms with E-state index in [1.165, 1.54) is 6.07 Å². The van der Waals surface area contributed by atoms with Crippen molar-refractivity contribution in [2.24, 2.45) is 0 Å². The van der Waals surface area contributed by atoms with E-state index in [-0.39, 0.29) is 18.3 Å². The van der Waals surface area contributed by atoms with E-state index in [4.69, 9.17) is 26.1 Å². The zero-order valence-corrected chi connectivity index (χ0v) is 22.5. The fraction of sp³-hybridized carbons (Fsp3) is 0.300. The third-order valence-electron chi connectivity index (χ3n) is 7.36. The van der Waals surface area contributed by atoms with Gasteiger partial charge in [0.05, 0.1) is 41.5 Å². The van der Waals surface area contributed by atoms with E-state index in [0.717, 1.165) is 60.7 Å². The van der Waals surface area contributed by atoms with Crippen LogP contribution in [0.1, 0.15) is 40.3 Å². The van der Waals surface area contributed by atoms with E-state index in [2.05, 4.69) is 20.5 Å². The molecule has 0 saturated carbocycles. The van der Waals surface area contributed by atoms with Crippen LogP contribution in [0.3, 0.4) is 0 Å². The number of carboxylic acid groups (broad SMARTS) is 1. The normalized spacial score (nSPS) is 17.4. The number of pyridine rings is 1. The Kier molecular flexibility index (Phi) is 7.51. The predicted molar refractivity (Wildman–Crippen MR) is 149 cm³/mol. The van der Waals surface area contributed by atoms with E-state index in [1.54, 1.807) is 36.4 Å². The first-order valence-electron chi connectivity index (χ1n) is 13.2. The molecule has 2 aliphatic heterocycles. The number of carboxylic acids is 1. The average Bonchev–Trinajstić information content (AvgIpc) is 3.26. The van der Waals surface area contributed by atoms with Crippen molar-refractivity contribution in [1.82, 2.24) is 19.4 Å². The highest BCUT2D eigenvalue weighted by Crippen LogP contribution is 2.27. The van der Waals surface area contributed by atoms with E-state index in [9.17, 15) is 14.3 Å². The summed E-state index contributed by atoms with van der Waals surface area (Å²) in [5.41, 5.74) is 4.23. The first-order valence-corrected chi connectivity index (χ1v) is 13.6. The van der Waals surface area contributed by atoms with Gasteiger partial charge < -0.3 is 19.1 Å². The molecule has 206 valence electrons. The average molecular weight is 563 g/mol. The Morgan fingerprint density at radius 1 is 1.18 bits per heavy atom. The number of fused-ring (bicyclic) bond motifs is 1. The topological polar surface area (TPSA) is 89.7 Å². The number of hydrogen-bond donors (Lipinski definition) is 1. The maximum absolute atomic E-state index is 14.1. The summed E-state index contributed by atoms with van der Waals surface area (Å²) in [4.78, 5) is 23.4. The molecule has 0 amide bonds. The highest BCUT2D eigenvalue weighted by Gasteiger charge is 2.24. The largest absolute Gasteiger partial charge is 0.478 e. The fourth-order valence-corrected chi connectivity index (χ4v) is 5.17. The zero-order valence-electron chi connectivity index (χ0n) is 21.7. The molecule has 40 heavy (non-hydrogen) atoms. The van der Waals surface area contributed by atoms with Crippen molar-refractivity contribution in [3.8, 4) is 5.88 Å². The van der Waals surface area contributed by atoms with Crippen LogP contribution in [0.25, 0.3) is 16.6 Å². The second-order valence-electron chi connectivity index (χ2n) is 10.0. The molecule has 1 atom stereocenters. The maximum atomic E-state index is 14.1.